The molecule has 3 N–H and O–H groups in total. The van der Waals surface area contributed by atoms with E-state index >= 15 is 0 Å². The van der Waals surface area contributed by atoms with Gasteiger partial charge in [0.15, 0.2) is 0 Å². The minimum Gasteiger partial charge on any atom is -0.359 e. The summed E-state index contributed by atoms with van der Waals surface area (Å²) in [5, 5.41) is 7.24. The Kier molecular flexibility index (Phi) is 7.12. The second kappa shape index (κ2) is 8.03. The maximum Gasteiger partial charge on any atom is 0.309 e. The Morgan fingerprint density at radius 3 is 2.36 bits per heavy atom. The van der Waals surface area contributed by atoms with E-state index in [1.165, 1.54) is 0 Å². The Labute approximate surface area is 82.4 Å². The molecule has 0 aliphatic heterocycles. The first-order valence-electron chi connectivity index (χ1n) is 4.45. The van der Waals surface area contributed by atoms with E-state index in [2.05, 4.69) is 16.0 Å². The number of amides is 3. The van der Waals surface area contributed by atoms with E-state index in [0.29, 0.717) is 32.5 Å². The van der Waals surface area contributed by atoms with Gasteiger partial charge in [-0.25, -0.2) is 0 Å². The molecule has 0 unspecified atom stereocenters. The van der Waals surface area contributed by atoms with Crippen LogP contribution in [-0.4, -0.2) is 37.9 Å². The number of likely N-dealkylation sites (N-methyl/N-ethyl adjacent to an activating group) is 1. The van der Waals surface area contributed by atoms with Gasteiger partial charge < -0.3 is 16.0 Å². The SMILES string of the molecule is CCNC(=O)C(=O)NCCCNC=O. The van der Waals surface area contributed by atoms with E-state index in [0.717, 1.165) is 0 Å². The molecule has 0 rings (SSSR count). The van der Waals surface area contributed by atoms with E-state index in [4.69, 9.17) is 0 Å². The predicted molar refractivity (Wildman–Crippen MR) is 50.4 cm³/mol. The third-order valence-corrected chi connectivity index (χ3v) is 1.41. The second-order valence-electron chi connectivity index (χ2n) is 2.54. The Bertz CT molecular complexity index is 206. The van der Waals surface area contributed by atoms with Crippen LogP contribution < -0.4 is 16.0 Å². The Morgan fingerprint density at radius 2 is 1.79 bits per heavy atom. The Morgan fingerprint density at radius 1 is 1.14 bits per heavy atom. The first-order valence-corrected chi connectivity index (χ1v) is 4.45. The topological polar surface area (TPSA) is 87.3 Å². The van der Waals surface area contributed by atoms with E-state index in [1.807, 2.05) is 0 Å². The minimum absolute atomic E-state index is 0.372. The van der Waals surface area contributed by atoms with Crippen LogP contribution >= 0.6 is 0 Å². The average molecular weight is 201 g/mol. The smallest absolute Gasteiger partial charge is 0.309 e. The number of rotatable bonds is 6. The lowest BCUT2D eigenvalue weighted by Gasteiger charge is -2.04. The van der Waals surface area contributed by atoms with Gasteiger partial charge in [0.2, 0.25) is 6.41 Å². The number of nitrogens with one attached hydrogen (secondary N) is 3. The zero-order valence-corrected chi connectivity index (χ0v) is 8.13. The lowest BCUT2D eigenvalue weighted by Crippen LogP contribution is -2.40. The van der Waals surface area contributed by atoms with Crippen molar-refractivity contribution in [2.45, 2.75) is 13.3 Å². The molecule has 0 saturated carbocycles. The third kappa shape index (κ3) is 5.99. The summed E-state index contributed by atoms with van der Waals surface area (Å²) in [7, 11) is 0. The molecule has 0 aromatic carbocycles. The van der Waals surface area contributed by atoms with Crippen LogP contribution in [0.1, 0.15) is 13.3 Å². The Hall–Kier alpha value is -1.59. The summed E-state index contributed by atoms with van der Waals surface area (Å²) in [6.45, 7) is 3.02. The van der Waals surface area contributed by atoms with E-state index in [-0.39, 0.29) is 0 Å². The monoisotopic (exact) mass is 201 g/mol. The minimum atomic E-state index is -0.641. The molecule has 0 heterocycles. The summed E-state index contributed by atoms with van der Waals surface area (Å²) in [6, 6.07) is 0. The number of carbonyl (C=O) groups is 3. The molecule has 80 valence electrons. The van der Waals surface area contributed by atoms with Crippen LogP contribution in [0.5, 0.6) is 0 Å². The molecule has 0 aromatic heterocycles. The highest BCUT2D eigenvalue weighted by atomic mass is 16.2. The van der Waals surface area contributed by atoms with Crippen LogP contribution in [0.15, 0.2) is 0 Å². The summed E-state index contributed by atoms with van der Waals surface area (Å²) >= 11 is 0. The predicted octanol–water partition coefficient (Wildman–Crippen LogP) is -1.63. The molecule has 0 radical (unpaired) electrons. The van der Waals surface area contributed by atoms with E-state index in [1.54, 1.807) is 6.92 Å². The quantitative estimate of drug-likeness (QED) is 0.274. The van der Waals surface area contributed by atoms with Crippen molar-refractivity contribution in [3.63, 3.8) is 0 Å². The summed E-state index contributed by atoms with van der Waals surface area (Å²) in [4.78, 5) is 31.7. The average Bonchev–Trinajstić information content (AvgIpc) is 2.17. The first kappa shape index (κ1) is 12.4. The first-order chi connectivity index (χ1) is 6.72. The van der Waals surface area contributed by atoms with Gasteiger partial charge in [-0.2, -0.15) is 0 Å². The zero-order chi connectivity index (χ0) is 10.8. The van der Waals surface area contributed by atoms with Crippen molar-refractivity contribution in [2.24, 2.45) is 0 Å². The molecule has 0 bridgehead atoms. The van der Waals surface area contributed by atoms with Crippen molar-refractivity contribution in [2.75, 3.05) is 19.6 Å². The fourth-order valence-electron chi connectivity index (χ4n) is 0.772. The van der Waals surface area contributed by atoms with E-state index in [9.17, 15) is 14.4 Å². The largest absolute Gasteiger partial charge is 0.359 e. The maximum absolute atomic E-state index is 11.0. The zero-order valence-electron chi connectivity index (χ0n) is 8.13. The summed E-state index contributed by atoms with van der Waals surface area (Å²) in [5.41, 5.74) is 0. The molecule has 0 fully saturated rings. The molecule has 0 aliphatic rings. The third-order valence-electron chi connectivity index (χ3n) is 1.41. The van der Waals surface area contributed by atoms with Crippen LogP contribution in [0.2, 0.25) is 0 Å². The summed E-state index contributed by atoms with van der Waals surface area (Å²) < 4.78 is 0. The highest BCUT2D eigenvalue weighted by Gasteiger charge is 2.09. The molecule has 0 saturated heterocycles. The van der Waals surface area contributed by atoms with Crippen molar-refractivity contribution in [1.82, 2.24) is 16.0 Å². The van der Waals surface area contributed by atoms with Gasteiger partial charge in [0.05, 0.1) is 0 Å². The molecule has 14 heavy (non-hydrogen) atoms. The van der Waals surface area contributed by atoms with Gasteiger partial charge in [0.1, 0.15) is 0 Å². The molecular weight excluding hydrogens is 186 g/mol. The van der Waals surface area contributed by atoms with Crippen molar-refractivity contribution >= 4 is 18.2 Å². The van der Waals surface area contributed by atoms with Crippen molar-refractivity contribution in [3.05, 3.63) is 0 Å². The van der Waals surface area contributed by atoms with Gasteiger partial charge in [0, 0.05) is 19.6 Å². The highest BCUT2D eigenvalue weighted by molar-refractivity contribution is 6.35. The molecule has 6 heteroatoms. The van der Waals surface area contributed by atoms with Crippen LogP contribution in [0.4, 0.5) is 0 Å². The Balaban J connectivity index is 3.43. The molecule has 0 spiro atoms. The lowest BCUT2D eigenvalue weighted by molar-refractivity contribution is -0.139. The van der Waals surface area contributed by atoms with Gasteiger partial charge in [-0.15, -0.1) is 0 Å². The molecule has 0 atom stereocenters. The second-order valence-corrected chi connectivity index (χ2v) is 2.54. The van der Waals surface area contributed by atoms with Crippen LogP contribution in [0.3, 0.4) is 0 Å². The van der Waals surface area contributed by atoms with Crippen LogP contribution in [0.25, 0.3) is 0 Å². The van der Waals surface area contributed by atoms with Gasteiger partial charge in [-0.3, -0.25) is 14.4 Å². The molecule has 0 aliphatic carbocycles. The fourth-order valence-corrected chi connectivity index (χ4v) is 0.772. The van der Waals surface area contributed by atoms with Crippen molar-refractivity contribution < 1.29 is 14.4 Å². The van der Waals surface area contributed by atoms with Crippen LogP contribution in [0, 0.1) is 0 Å². The maximum atomic E-state index is 11.0. The number of carbonyl (C=O) groups excluding carboxylic acids is 3. The molecule has 0 aromatic rings. The standard InChI is InChI=1S/C8H15N3O3/c1-2-10-7(13)8(14)11-5-3-4-9-6-12/h6H,2-5H2,1H3,(H,9,12)(H,10,13)(H,11,14). The van der Waals surface area contributed by atoms with Crippen molar-refractivity contribution in [3.8, 4) is 0 Å². The number of hydrogen-bond acceptors (Lipinski definition) is 3. The normalized spacial score (nSPS) is 8.93. The summed E-state index contributed by atoms with van der Waals surface area (Å²) in [5.74, 6) is -1.27. The summed E-state index contributed by atoms with van der Waals surface area (Å²) in [6.07, 6.45) is 1.19. The van der Waals surface area contributed by atoms with Gasteiger partial charge >= 0.3 is 11.8 Å². The van der Waals surface area contributed by atoms with E-state index < -0.39 is 11.8 Å². The van der Waals surface area contributed by atoms with Crippen molar-refractivity contribution in [1.29, 1.82) is 0 Å². The molecular formula is C8H15N3O3. The fraction of sp³-hybridized carbons (Fsp3) is 0.625. The number of hydrogen-bond donors (Lipinski definition) is 3. The highest BCUT2D eigenvalue weighted by Crippen LogP contribution is 1.74. The van der Waals surface area contributed by atoms with Gasteiger partial charge in [0.25, 0.3) is 0 Å². The van der Waals surface area contributed by atoms with Gasteiger partial charge in [-0.1, -0.05) is 0 Å². The molecule has 6 nitrogen and oxygen atoms in total. The molecule has 3 amide bonds. The lowest BCUT2D eigenvalue weighted by atomic mass is 10.4. The van der Waals surface area contributed by atoms with Crippen LogP contribution in [-0.2, 0) is 14.4 Å². The van der Waals surface area contributed by atoms with Gasteiger partial charge in [-0.05, 0) is 13.3 Å².